The predicted molar refractivity (Wildman–Crippen MR) is 87.4 cm³/mol. The van der Waals surface area contributed by atoms with E-state index < -0.39 is 0 Å². The maximum Gasteiger partial charge on any atom is 0.262 e. The van der Waals surface area contributed by atoms with Crippen molar-refractivity contribution in [2.24, 2.45) is 0 Å². The summed E-state index contributed by atoms with van der Waals surface area (Å²) in [6.07, 6.45) is 2.82. The summed E-state index contributed by atoms with van der Waals surface area (Å²) in [6.45, 7) is 1.47. The predicted octanol–water partition coefficient (Wildman–Crippen LogP) is 2.05. The van der Waals surface area contributed by atoms with Crippen LogP contribution in [-0.2, 0) is 11.3 Å². The van der Waals surface area contributed by atoms with Crippen molar-refractivity contribution in [2.45, 2.75) is 37.1 Å². The zero-order chi connectivity index (χ0) is 15.4. The van der Waals surface area contributed by atoms with Gasteiger partial charge >= 0.3 is 0 Å². The maximum atomic E-state index is 12.8. The molecule has 1 unspecified atom stereocenters. The number of aliphatic hydroxyl groups excluding tert-OH is 1. The fraction of sp³-hybridized carbons (Fsp3) is 0.500. The lowest BCUT2D eigenvalue weighted by molar-refractivity contribution is 0.0937. The van der Waals surface area contributed by atoms with E-state index in [1.165, 1.54) is 11.8 Å². The van der Waals surface area contributed by atoms with Crippen LogP contribution in [0.3, 0.4) is 0 Å². The van der Waals surface area contributed by atoms with Gasteiger partial charge in [0.25, 0.3) is 5.56 Å². The van der Waals surface area contributed by atoms with Crippen LogP contribution in [0.2, 0.25) is 0 Å². The molecule has 1 aromatic carbocycles. The SMILES string of the molecule is O=c1c2ccccc2nc(SCCCO)n1CC1CCCO1. The van der Waals surface area contributed by atoms with E-state index in [0.717, 1.165) is 30.7 Å². The Morgan fingerprint density at radius 3 is 3.05 bits per heavy atom. The van der Waals surface area contributed by atoms with E-state index in [4.69, 9.17) is 9.84 Å². The molecular weight excluding hydrogens is 300 g/mol. The Morgan fingerprint density at radius 2 is 2.27 bits per heavy atom. The molecule has 0 bridgehead atoms. The van der Waals surface area contributed by atoms with Crippen molar-refractivity contribution >= 4 is 22.7 Å². The van der Waals surface area contributed by atoms with E-state index >= 15 is 0 Å². The van der Waals surface area contributed by atoms with Crippen LogP contribution in [0.15, 0.2) is 34.2 Å². The normalized spacial score (nSPS) is 18.1. The van der Waals surface area contributed by atoms with Gasteiger partial charge in [0.2, 0.25) is 0 Å². The molecule has 0 amide bonds. The number of aliphatic hydroxyl groups is 1. The third-order valence-electron chi connectivity index (χ3n) is 3.77. The van der Waals surface area contributed by atoms with Crippen LogP contribution >= 0.6 is 11.8 Å². The van der Waals surface area contributed by atoms with Crippen molar-refractivity contribution in [3.05, 3.63) is 34.6 Å². The average Bonchev–Trinajstić information content (AvgIpc) is 3.04. The summed E-state index contributed by atoms with van der Waals surface area (Å²) in [5.74, 6) is 0.743. The first-order chi connectivity index (χ1) is 10.8. The lowest BCUT2D eigenvalue weighted by Gasteiger charge is -2.16. The molecule has 0 saturated carbocycles. The monoisotopic (exact) mass is 320 g/mol. The van der Waals surface area contributed by atoms with Gasteiger partial charge in [0.15, 0.2) is 5.16 Å². The molecule has 0 aliphatic carbocycles. The van der Waals surface area contributed by atoms with Crippen LogP contribution in [0.1, 0.15) is 19.3 Å². The van der Waals surface area contributed by atoms with E-state index in [1.54, 1.807) is 4.57 Å². The summed E-state index contributed by atoms with van der Waals surface area (Å²) in [5, 5.41) is 10.3. The highest BCUT2D eigenvalue weighted by atomic mass is 32.2. The van der Waals surface area contributed by atoms with Gasteiger partial charge in [-0.05, 0) is 31.4 Å². The molecule has 22 heavy (non-hydrogen) atoms. The molecule has 118 valence electrons. The number of hydrogen-bond acceptors (Lipinski definition) is 5. The standard InChI is InChI=1S/C16H20N2O3S/c19-8-4-10-22-16-17-14-7-2-1-6-13(14)15(20)18(16)11-12-5-3-9-21-12/h1-2,6-7,12,19H,3-5,8-11H2. The smallest absolute Gasteiger partial charge is 0.262 e. The minimum Gasteiger partial charge on any atom is -0.396 e. The molecule has 1 aliphatic rings. The zero-order valence-electron chi connectivity index (χ0n) is 12.4. The first-order valence-electron chi connectivity index (χ1n) is 7.64. The Balaban J connectivity index is 1.98. The molecule has 5 nitrogen and oxygen atoms in total. The van der Waals surface area contributed by atoms with E-state index in [2.05, 4.69) is 4.98 Å². The Hall–Kier alpha value is -1.37. The van der Waals surface area contributed by atoms with Crippen molar-refractivity contribution in [1.29, 1.82) is 0 Å². The highest BCUT2D eigenvalue weighted by molar-refractivity contribution is 7.99. The van der Waals surface area contributed by atoms with Crippen molar-refractivity contribution < 1.29 is 9.84 Å². The Labute approximate surface area is 133 Å². The second kappa shape index (κ2) is 7.26. The van der Waals surface area contributed by atoms with Crippen molar-refractivity contribution in [3.63, 3.8) is 0 Å². The number of rotatable bonds is 6. The molecule has 0 spiro atoms. The summed E-state index contributed by atoms with van der Waals surface area (Å²) in [5.41, 5.74) is 0.718. The molecule has 2 heterocycles. The van der Waals surface area contributed by atoms with E-state index in [9.17, 15) is 4.79 Å². The Morgan fingerprint density at radius 1 is 1.41 bits per heavy atom. The molecule has 1 N–H and O–H groups in total. The summed E-state index contributed by atoms with van der Waals surface area (Å²) >= 11 is 1.52. The molecule has 1 aliphatic heterocycles. The van der Waals surface area contributed by atoms with E-state index in [0.29, 0.717) is 23.5 Å². The minimum absolute atomic E-state index is 0.00685. The molecule has 6 heteroatoms. The molecule has 3 rings (SSSR count). The zero-order valence-corrected chi connectivity index (χ0v) is 13.2. The summed E-state index contributed by atoms with van der Waals surface area (Å²) in [7, 11) is 0. The average molecular weight is 320 g/mol. The third-order valence-corrected chi connectivity index (χ3v) is 4.83. The van der Waals surface area contributed by atoms with Gasteiger partial charge in [0.05, 0.1) is 23.6 Å². The topological polar surface area (TPSA) is 64.3 Å². The number of hydrogen-bond donors (Lipinski definition) is 1. The van der Waals surface area contributed by atoms with Crippen molar-refractivity contribution in [3.8, 4) is 0 Å². The summed E-state index contributed by atoms with van der Waals surface area (Å²) < 4.78 is 7.40. The Kier molecular flexibility index (Phi) is 5.12. The molecule has 1 aromatic heterocycles. The number of fused-ring (bicyclic) bond motifs is 1. The van der Waals surface area contributed by atoms with Crippen molar-refractivity contribution in [2.75, 3.05) is 19.0 Å². The largest absolute Gasteiger partial charge is 0.396 e. The van der Waals surface area contributed by atoms with Gasteiger partial charge in [-0.25, -0.2) is 4.98 Å². The maximum absolute atomic E-state index is 12.8. The fourth-order valence-electron chi connectivity index (χ4n) is 2.64. The second-order valence-corrected chi connectivity index (χ2v) is 6.45. The van der Waals surface area contributed by atoms with Crippen LogP contribution in [0.4, 0.5) is 0 Å². The second-order valence-electron chi connectivity index (χ2n) is 5.39. The quantitative estimate of drug-likeness (QED) is 0.501. The van der Waals surface area contributed by atoms with Gasteiger partial charge in [-0.1, -0.05) is 23.9 Å². The summed E-state index contributed by atoms with van der Waals surface area (Å²) in [4.78, 5) is 17.4. The van der Waals surface area contributed by atoms with Gasteiger partial charge in [-0.15, -0.1) is 0 Å². The first-order valence-corrected chi connectivity index (χ1v) is 8.63. The highest BCUT2D eigenvalue weighted by Crippen LogP contribution is 2.21. The third kappa shape index (κ3) is 3.34. The lowest BCUT2D eigenvalue weighted by atomic mass is 10.2. The van der Waals surface area contributed by atoms with Crippen LogP contribution in [0, 0.1) is 0 Å². The lowest BCUT2D eigenvalue weighted by Crippen LogP contribution is -2.28. The number of para-hydroxylation sites is 1. The first kappa shape index (κ1) is 15.5. The number of thioether (sulfide) groups is 1. The number of ether oxygens (including phenoxy) is 1. The molecule has 0 radical (unpaired) electrons. The number of nitrogens with zero attached hydrogens (tertiary/aromatic N) is 2. The van der Waals surface area contributed by atoms with E-state index in [-0.39, 0.29) is 18.3 Å². The van der Waals surface area contributed by atoms with Gasteiger partial charge in [-0.3, -0.25) is 9.36 Å². The molecule has 1 saturated heterocycles. The van der Waals surface area contributed by atoms with E-state index in [1.807, 2.05) is 24.3 Å². The van der Waals surface area contributed by atoms with Gasteiger partial charge < -0.3 is 9.84 Å². The number of aromatic nitrogens is 2. The summed E-state index contributed by atoms with van der Waals surface area (Å²) in [6, 6.07) is 7.43. The van der Waals surface area contributed by atoms with Crippen LogP contribution in [0.5, 0.6) is 0 Å². The van der Waals surface area contributed by atoms with Gasteiger partial charge in [0.1, 0.15) is 0 Å². The number of benzene rings is 1. The molecular formula is C16H20N2O3S. The van der Waals surface area contributed by atoms with Gasteiger partial charge in [0, 0.05) is 19.0 Å². The van der Waals surface area contributed by atoms with Gasteiger partial charge in [-0.2, -0.15) is 0 Å². The highest BCUT2D eigenvalue weighted by Gasteiger charge is 2.20. The Bertz CT molecular complexity index is 695. The van der Waals surface area contributed by atoms with Crippen LogP contribution in [0.25, 0.3) is 10.9 Å². The van der Waals surface area contributed by atoms with Crippen molar-refractivity contribution in [1.82, 2.24) is 9.55 Å². The fourth-order valence-corrected chi connectivity index (χ4v) is 3.57. The molecule has 2 aromatic rings. The van der Waals surface area contributed by atoms with Crippen LogP contribution in [-0.4, -0.2) is 39.7 Å². The van der Waals surface area contributed by atoms with Crippen LogP contribution < -0.4 is 5.56 Å². The molecule has 1 fully saturated rings. The molecule has 1 atom stereocenters. The minimum atomic E-state index is -0.00685.